The Labute approximate surface area is 146 Å². The number of rotatable bonds is 6. The number of amides is 1. The van der Waals surface area contributed by atoms with Crippen LogP contribution in [0.5, 0.6) is 5.75 Å². The number of halogens is 1. The molecule has 0 aromatic heterocycles. The van der Waals surface area contributed by atoms with Gasteiger partial charge in [0.1, 0.15) is 11.6 Å². The molecule has 134 valence electrons. The Balaban J connectivity index is 2.19. The third-order valence-corrected chi connectivity index (χ3v) is 4.89. The molecule has 0 radical (unpaired) electrons. The first-order valence-corrected chi connectivity index (χ1v) is 8.98. The van der Waals surface area contributed by atoms with Gasteiger partial charge in [0, 0.05) is 11.7 Å². The van der Waals surface area contributed by atoms with E-state index in [2.05, 4.69) is 10.0 Å². The summed E-state index contributed by atoms with van der Waals surface area (Å²) < 4.78 is 45.0. The number of carbonyl (C=O) groups is 1. The molecule has 0 fully saturated rings. The molecule has 2 aromatic carbocycles. The minimum absolute atomic E-state index is 0.0423. The predicted octanol–water partition coefficient (Wildman–Crippen LogP) is 2.77. The molecule has 1 amide bonds. The number of sulfonamides is 1. The lowest BCUT2D eigenvalue weighted by atomic mass is 10.1. The number of hydrogen-bond donors (Lipinski definition) is 2. The van der Waals surface area contributed by atoms with Gasteiger partial charge >= 0.3 is 0 Å². The van der Waals surface area contributed by atoms with Crippen LogP contribution in [0.4, 0.5) is 10.1 Å². The number of methoxy groups -OCH3 is 1. The first kappa shape index (κ1) is 18.9. The molecule has 0 unspecified atom stereocenters. The third kappa shape index (κ3) is 4.77. The van der Waals surface area contributed by atoms with E-state index in [0.29, 0.717) is 5.69 Å². The van der Waals surface area contributed by atoms with Gasteiger partial charge in [-0.1, -0.05) is 0 Å². The second kappa shape index (κ2) is 7.62. The van der Waals surface area contributed by atoms with Gasteiger partial charge in [0.2, 0.25) is 10.0 Å². The van der Waals surface area contributed by atoms with Gasteiger partial charge in [0.05, 0.1) is 17.6 Å². The highest BCUT2D eigenvalue weighted by Gasteiger charge is 2.16. The highest BCUT2D eigenvalue weighted by molar-refractivity contribution is 7.89. The molecule has 0 saturated carbocycles. The lowest BCUT2D eigenvalue weighted by Gasteiger charge is -2.11. The van der Waals surface area contributed by atoms with Crippen LogP contribution in [0.2, 0.25) is 0 Å². The van der Waals surface area contributed by atoms with Crippen LogP contribution >= 0.6 is 0 Å². The van der Waals surface area contributed by atoms with Gasteiger partial charge in [0.15, 0.2) is 0 Å². The van der Waals surface area contributed by atoms with E-state index in [4.69, 9.17) is 4.74 Å². The molecule has 6 nitrogen and oxygen atoms in total. The van der Waals surface area contributed by atoms with Crippen molar-refractivity contribution in [3.05, 3.63) is 53.8 Å². The Morgan fingerprint density at radius 1 is 1.12 bits per heavy atom. The van der Waals surface area contributed by atoms with Crippen LogP contribution in [0, 0.1) is 5.82 Å². The topological polar surface area (TPSA) is 84.5 Å². The number of nitrogens with one attached hydrogen (secondary N) is 2. The van der Waals surface area contributed by atoms with Crippen molar-refractivity contribution in [2.75, 3.05) is 12.4 Å². The molecule has 2 N–H and O–H groups in total. The smallest absolute Gasteiger partial charge is 0.259 e. The minimum atomic E-state index is -3.61. The molecule has 0 aliphatic rings. The number of anilines is 1. The molecule has 0 atom stereocenters. The fourth-order valence-electron chi connectivity index (χ4n) is 2.15. The maximum Gasteiger partial charge on any atom is 0.259 e. The number of hydrogen-bond acceptors (Lipinski definition) is 4. The lowest BCUT2D eigenvalue weighted by molar-refractivity contribution is 0.102. The van der Waals surface area contributed by atoms with E-state index in [1.807, 2.05) is 0 Å². The summed E-state index contributed by atoms with van der Waals surface area (Å²) in [6.07, 6.45) is 0. The summed E-state index contributed by atoms with van der Waals surface area (Å²) in [5.41, 5.74) is 0.417. The third-order valence-electron chi connectivity index (χ3n) is 3.22. The second-order valence-electron chi connectivity index (χ2n) is 5.60. The zero-order chi connectivity index (χ0) is 18.6. The summed E-state index contributed by atoms with van der Waals surface area (Å²) >= 11 is 0. The van der Waals surface area contributed by atoms with Crippen LogP contribution in [0.3, 0.4) is 0 Å². The van der Waals surface area contributed by atoms with Gasteiger partial charge < -0.3 is 10.1 Å². The molecule has 0 bridgehead atoms. The summed E-state index contributed by atoms with van der Waals surface area (Å²) in [5.74, 6) is -0.890. The Hall–Kier alpha value is -2.45. The minimum Gasteiger partial charge on any atom is -0.496 e. The van der Waals surface area contributed by atoms with Crippen molar-refractivity contribution < 1.29 is 22.3 Å². The zero-order valence-electron chi connectivity index (χ0n) is 14.0. The molecule has 0 aliphatic carbocycles. The van der Waals surface area contributed by atoms with Crippen molar-refractivity contribution in [3.63, 3.8) is 0 Å². The molecule has 0 saturated heterocycles. The molecule has 8 heteroatoms. The van der Waals surface area contributed by atoms with E-state index < -0.39 is 21.7 Å². The number of ether oxygens (including phenoxy) is 1. The molecule has 0 aliphatic heterocycles. The van der Waals surface area contributed by atoms with Crippen molar-refractivity contribution in [2.24, 2.45) is 0 Å². The Morgan fingerprint density at radius 2 is 1.76 bits per heavy atom. The quantitative estimate of drug-likeness (QED) is 0.823. The number of carbonyl (C=O) groups excluding carboxylic acids is 1. The Kier molecular flexibility index (Phi) is 5.76. The summed E-state index contributed by atoms with van der Waals surface area (Å²) in [7, 11) is -2.23. The molecule has 2 rings (SSSR count). The fraction of sp³-hybridized carbons (Fsp3) is 0.235. The van der Waals surface area contributed by atoms with E-state index in [9.17, 15) is 17.6 Å². The first-order chi connectivity index (χ1) is 11.7. The highest BCUT2D eigenvalue weighted by Crippen LogP contribution is 2.21. The molecule has 0 spiro atoms. The normalized spacial score (nSPS) is 11.4. The van der Waals surface area contributed by atoms with E-state index >= 15 is 0 Å². The molecular weight excluding hydrogens is 347 g/mol. The number of benzene rings is 2. The largest absolute Gasteiger partial charge is 0.496 e. The van der Waals surface area contributed by atoms with Crippen LogP contribution in [-0.2, 0) is 10.0 Å². The average molecular weight is 366 g/mol. The summed E-state index contributed by atoms with van der Waals surface area (Å²) in [6.45, 7) is 3.44. The highest BCUT2D eigenvalue weighted by atomic mass is 32.2. The van der Waals surface area contributed by atoms with Crippen LogP contribution in [0.15, 0.2) is 47.4 Å². The van der Waals surface area contributed by atoms with Gasteiger partial charge in [-0.3, -0.25) is 4.79 Å². The molecule has 2 aromatic rings. The van der Waals surface area contributed by atoms with Gasteiger partial charge in [-0.25, -0.2) is 17.5 Å². The SMILES string of the molecule is COc1ccc(F)cc1C(=O)Nc1ccc(S(=O)(=O)NC(C)C)cc1. The Bertz CT molecular complexity index is 865. The Morgan fingerprint density at radius 3 is 2.32 bits per heavy atom. The molecule has 0 heterocycles. The molecular formula is C17H19FN2O4S. The second-order valence-corrected chi connectivity index (χ2v) is 7.31. The maximum absolute atomic E-state index is 13.4. The molecule has 25 heavy (non-hydrogen) atoms. The van der Waals surface area contributed by atoms with Crippen LogP contribution in [0.1, 0.15) is 24.2 Å². The van der Waals surface area contributed by atoms with Gasteiger partial charge in [0.25, 0.3) is 5.91 Å². The monoisotopic (exact) mass is 366 g/mol. The van der Waals surface area contributed by atoms with E-state index in [1.165, 1.54) is 43.5 Å². The first-order valence-electron chi connectivity index (χ1n) is 7.50. The summed E-state index contributed by atoms with van der Waals surface area (Å²) in [6, 6.07) is 9.06. The van der Waals surface area contributed by atoms with Crippen LogP contribution < -0.4 is 14.8 Å². The van der Waals surface area contributed by atoms with Crippen LogP contribution in [0.25, 0.3) is 0 Å². The van der Waals surface area contributed by atoms with Crippen molar-refractivity contribution >= 4 is 21.6 Å². The fourth-order valence-corrected chi connectivity index (χ4v) is 3.40. The van der Waals surface area contributed by atoms with Crippen molar-refractivity contribution in [1.82, 2.24) is 4.72 Å². The van der Waals surface area contributed by atoms with E-state index in [-0.39, 0.29) is 22.3 Å². The predicted molar refractivity (Wildman–Crippen MR) is 92.8 cm³/mol. The van der Waals surface area contributed by atoms with Gasteiger partial charge in [-0.05, 0) is 56.3 Å². The maximum atomic E-state index is 13.4. The van der Waals surface area contributed by atoms with Crippen molar-refractivity contribution in [3.8, 4) is 5.75 Å². The van der Waals surface area contributed by atoms with Gasteiger partial charge in [-0.15, -0.1) is 0 Å². The van der Waals surface area contributed by atoms with Crippen molar-refractivity contribution in [2.45, 2.75) is 24.8 Å². The van der Waals surface area contributed by atoms with Crippen LogP contribution in [-0.4, -0.2) is 27.5 Å². The van der Waals surface area contributed by atoms with Crippen molar-refractivity contribution in [1.29, 1.82) is 0 Å². The average Bonchev–Trinajstić information content (AvgIpc) is 2.54. The lowest BCUT2D eigenvalue weighted by Crippen LogP contribution is -2.30. The standard InChI is InChI=1S/C17H19FN2O4S/c1-11(2)20-25(22,23)14-7-5-13(6-8-14)19-17(21)15-10-12(18)4-9-16(15)24-3/h4-11,20H,1-3H3,(H,19,21). The summed E-state index contributed by atoms with van der Waals surface area (Å²) in [5, 5.41) is 2.58. The zero-order valence-corrected chi connectivity index (χ0v) is 14.9. The van der Waals surface area contributed by atoms with E-state index in [1.54, 1.807) is 13.8 Å². The van der Waals surface area contributed by atoms with E-state index in [0.717, 1.165) is 6.07 Å². The van der Waals surface area contributed by atoms with Gasteiger partial charge in [-0.2, -0.15) is 0 Å². The summed E-state index contributed by atoms with van der Waals surface area (Å²) in [4.78, 5) is 12.4.